The lowest BCUT2D eigenvalue weighted by Gasteiger charge is -2.20. The maximum atomic E-state index is 11.1. The van der Waals surface area contributed by atoms with Crippen LogP contribution in [0.1, 0.15) is 37.0 Å². The molecule has 0 heterocycles. The zero-order valence-corrected chi connectivity index (χ0v) is 11.8. The monoisotopic (exact) mass is 250 g/mol. The van der Waals surface area contributed by atoms with Gasteiger partial charge >= 0.3 is 5.97 Å². The number of aliphatic carboxylic acids is 1. The van der Waals surface area contributed by atoms with Crippen molar-refractivity contribution in [3.63, 3.8) is 0 Å². The lowest BCUT2D eigenvalue weighted by atomic mass is 9.85. The molecule has 0 saturated carbocycles. The van der Waals surface area contributed by atoms with E-state index in [1.165, 1.54) is 11.1 Å². The summed E-state index contributed by atoms with van der Waals surface area (Å²) in [6, 6.07) is 3.98. The third-order valence-electron chi connectivity index (χ3n) is 3.67. The minimum Gasteiger partial charge on any atom is -0.496 e. The van der Waals surface area contributed by atoms with Crippen molar-refractivity contribution in [3.05, 3.63) is 28.8 Å². The highest BCUT2D eigenvalue weighted by Crippen LogP contribution is 2.28. The smallest absolute Gasteiger partial charge is 0.309 e. The highest BCUT2D eigenvalue weighted by atomic mass is 16.5. The fourth-order valence-electron chi connectivity index (χ4n) is 1.90. The molecule has 0 unspecified atom stereocenters. The van der Waals surface area contributed by atoms with Gasteiger partial charge in [-0.15, -0.1) is 0 Å². The summed E-state index contributed by atoms with van der Waals surface area (Å²) in [5.74, 6) is 0.138. The number of rotatable bonds is 5. The number of benzene rings is 1. The van der Waals surface area contributed by atoms with Crippen molar-refractivity contribution < 1.29 is 14.6 Å². The minimum atomic E-state index is -0.745. The van der Waals surface area contributed by atoms with Crippen LogP contribution in [0.2, 0.25) is 0 Å². The van der Waals surface area contributed by atoms with Gasteiger partial charge in [-0.3, -0.25) is 4.79 Å². The van der Waals surface area contributed by atoms with Crippen molar-refractivity contribution in [3.8, 4) is 5.75 Å². The summed E-state index contributed by atoms with van der Waals surface area (Å²) in [5.41, 5.74) is 2.83. The lowest BCUT2D eigenvalue weighted by molar-refractivity contribution is -0.147. The Labute approximate surface area is 109 Å². The van der Waals surface area contributed by atoms with Crippen molar-refractivity contribution in [2.45, 2.75) is 40.5 Å². The standard InChI is InChI=1S/C15H22O3/c1-10-11(2)13(18-5)7-6-12(10)8-9-15(3,4)14(16)17/h6-7H,8-9H2,1-5H3,(H,16,17). The second-order valence-electron chi connectivity index (χ2n) is 5.37. The summed E-state index contributed by atoms with van der Waals surface area (Å²) in [7, 11) is 1.66. The predicted molar refractivity (Wildman–Crippen MR) is 72.2 cm³/mol. The highest BCUT2D eigenvalue weighted by molar-refractivity contribution is 5.73. The Morgan fingerprint density at radius 2 is 1.89 bits per heavy atom. The van der Waals surface area contributed by atoms with E-state index in [1.807, 2.05) is 19.1 Å². The van der Waals surface area contributed by atoms with E-state index in [0.29, 0.717) is 6.42 Å². The molecular weight excluding hydrogens is 228 g/mol. The zero-order chi connectivity index (χ0) is 13.9. The minimum absolute atomic E-state index is 0.634. The van der Waals surface area contributed by atoms with Crippen LogP contribution in [0.3, 0.4) is 0 Å². The van der Waals surface area contributed by atoms with Gasteiger partial charge in [0, 0.05) is 0 Å². The SMILES string of the molecule is COc1ccc(CCC(C)(C)C(=O)O)c(C)c1C. The average Bonchev–Trinajstić information content (AvgIpc) is 2.31. The van der Waals surface area contributed by atoms with Crippen LogP contribution in [-0.2, 0) is 11.2 Å². The topological polar surface area (TPSA) is 46.5 Å². The van der Waals surface area contributed by atoms with E-state index in [9.17, 15) is 4.79 Å². The molecule has 0 aliphatic carbocycles. The number of hydrogen-bond acceptors (Lipinski definition) is 2. The van der Waals surface area contributed by atoms with Gasteiger partial charge < -0.3 is 9.84 Å². The Bertz CT molecular complexity index is 447. The van der Waals surface area contributed by atoms with E-state index >= 15 is 0 Å². The van der Waals surface area contributed by atoms with Gasteiger partial charge in [0.25, 0.3) is 0 Å². The third kappa shape index (κ3) is 3.03. The Morgan fingerprint density at radius 1 is 1.28 bits per heavy atom. The molecule has 0 aromatic heterocycles. The molecule has 1 aromatic carbocycles. The first-order chi connectivity index (χ1) is 8.29. The molecule has 3 nitrogen and oxygen atoms in total. The molecule has 0 saturated heterocycles. The van der Waals surface area contributed by atoms with E-state index in [2.05, 4.69) is 6.92 Å². The quantitative estimate of drug-likeness (QED) is 0.871. The normalized spacial score (nSPS) is 11.4. The Morgan fingerprint density at radius 3 is 2.39 bits per heavy atom. The molecule has 0 spiro atoms. The second-order valence-corrected chi connectivity index (χ2v) is 5.37. The summed E-state index contributed by atoms with van der Waals surface area (Å²) in [6.07, 6.45) is 1.41. The number of carbonyl (C=O) groups is 1. The lowest BCUT2D eigenvalue weighted by Crippen LogP contribution is -2.24. The van der Waals surface area contributed by atoms with Gasteiger partial charge in [-0.05, 0) is 63.3 Å². The molecule has 0 fully saturated rings. The predicted octanol–water partition coefficient (Wildman–Crippen LogP) is 3.36. The third-order valence-corrected chi connectivity index (χ3v) is 3.67. The fourth-order valence-corrected chi connectivity index (χ4v) is 1.90. The molecule has 0 aliphatic heterocycles. The van der Waals surface area contributed by atoms with Crippen LogP contribution in [-0.4, -0.2) is 18.2 Å². The van der Waals surface area contributed by atoms with Crippen LogP contribution in [0, 0.1) is 19.3 Å². The van der Waals surface area contributed by atoms with E-state index in [0.717, 1.165) is 17.7 Å². The first-order valence-electron chi connectivity index (χ1n) is 6.16. The maximum absolute atomic E-state index is 11.1. The van der Waals surface area contributed by atoms with Crippen LogP contribution < -0.4 is 4.74 Å². The highest BCUT2D eigenvalue weighted by Gasteiger charge is 2.26. The van der Waals surface area contributed by atoms with Crippen LogP contribution in [0.15, 0.2) is 12.1 Å². The maximum Gasteiger partial charge on any atom is 0.309 e. The number of carboxylic acid groups (broad SMARTS) is 1. The summed E-state index contributed by atoms with van der Waals surface area (Å²) in [5, 5.41) is 9.11. The molecule has 0 amide bonds. The van der Waals surface area contributed by atoms with E-state index in [-0.39, 0.29) is 0 Å². The summed E-state index contributed by atoms with van der Waals surface area (Å²) < 4.78 is 5.27. The molecule has 0 radical (unpaired) electrons. The van der Waals surface area contributed by atoms with Gasteiger partial charge in [0.1, 0.15) is 5.75 Å². The number of aryl methyl sites for hydroxylation is 1. The van der Waals surface area contributed by atoms with Crippen LogP contribution in [0.4, 0.5) is 0 Å². The summed E-state index contributed by atoms with van der Waals surface area (Å²) in [4.78, 5) is 11.1. The van der Waals surface area contributed by atoms with Crippen molar-refractivity contribution in [1.29, 1.82) is 0 Å². The van der Waals surface area contributed by atoms with E-state index in [4.69, 9.17) is 9.84 Å². The molecule has 1 rings (SSSR count). The number of methoxy groups -OCH3 is 1. The van der Waals surface area contributed by atoms with Gasteiger partial charge in [-0.2, -0.15) is 0 Å². The van der Waals surface area contributed by atoms with Gasteiger partial charge in [-0.1, -0.05) is 6.07 Å². The first kappa shape index (κ1) is 14.6. The Balaban J connectivity index is 2.87. The van der Waals surface area contributed by atoms with Crippen molar-refractivity contribution in [1.82, 2.24) is 0 Å². The van der Waals surface area contributed by atoms with Gasteiger partial charge in [0.05, 0.1) is 12.5 Å². The molecule has 100 valence electrons. The molecule has 3 heteroatoms. The number of carboxylic acids is 1. The Kier molecular flexibility index (Phi) is 4.38. The van der Waals surface area contributed by atoms with Crippen LogP contribution >= 0.6 is 0 Å². The Hall–Kier alpha value is -1.51. The average molecular weight is 250 g/mol. The molecule has 1 aromatic rings. The van der Waals surface area contributed by atoms with E-state index in [1.54, 1.807) is 21.0 Å². The van der Waals surface area contributed by atoms with Gasteiger partial charge in [-0.25, -0.2) is 0 Å². The molecule has 18 heavy (non-hydrogen) atoms. The zero-order valence-electron chi connectivity index (χ0n) is 11.8. The van der Waals surface area contributed by atoms with Gasteiger partial charge in [0.15, 0.2) is 0 Å². The van der Waals surface area contributed by atoms with Crippen molar-refractivity contribution >= 4 is 5.97 Å². The second kappa shape index (κ2) is 5.42. The molecular formula is C15H22O3. The van der Waals surface area contributed by atoms with Crippen LogP contribution in [0.25, 0.3) is 0 Å². The first-order valence-corrected chi connectivity index (χ1v) is 6.16. The van der Waals surface area contributed by atoms with Crippen molar-refractivity contribution in [2.24, 2.45) is 5.41 Å². The van der Waals surface area contributed by atoms with Crippen LogP contribution in [0.5, 0.6) is 5.75 Å². The molecule has 0 bridgehead atoms. The van der Waals surface area contributed by atoms with Crippen molar-refractivity contribution in [2.75, 3.05) is 7.11 Å². The van der Waals surface area contributed by atoms with E-state index < -0.39 is 11.4 Å². The largest absolute Gasteiger partial charge is 0.496 e. The fraction of sp³-hybridized carbons (Fsp3) is 0.533. The number of ether oxygens (including phenoxy) is 1. The number of hydrogen-bond donors (Lipinski definition) is 1. The molecule has 1 N–H and O–H groups in total. The van der Waals surface area contributed by atoms with Gasteiger partial charge in [0.2, 0.25) is 0 Å². The molecule has 0 atom stereocenters. The molecule has 0 aliphatic rings. The summed E-state index contributed by atoms with van der Waals surface area (Å²) >= 11 is 0. The summed E-state index contributed by atoms with van der Waals surface area (Å²) in [6.45, 7) is 7.61.